The predicted molar refractivity (Wildman–Crippen MR) is 57.8 cm³/mol. The van der Waals surface area contributed by atoms with Gasteiger partial charge in [-0.15, -0.1) is 0 Å². The van der Waals surface area contributed by atoms with E-state index in [9.17, 15) is 9.59 Å². The first-order valence-electron chi connectivity index (χ1n) is 4.94. The third kappa shape index (κ3) is 9.21. The van der Waals surface area contributed by atoms with Gasteiger partial charge in [0.2, 0.25) is 0 Å². The van der Waals surface area contributed by atoms with E-state index >= 15 is 0 Å². The monoisotopic (exact) mass is 230 g/mol. The fourth-order valence-electron chi connectivity index (χ4n) is 0.674. The summed E-state index contributed by atoms with van der Waals surface area (Å²) in [4.78, 5) is 21.7. The highest BCUT2D eigenvalue weighted by Crippen LogP contribution is 2.05. The van der Waals surface area contributed by atoms with E-state index in [1.165, 1.54) is 0 Å². The van der Waals surface area contributed by atoms with Gasteiger partial charge in [-0.2, -0.15) is 0 Å². The standard InChI is InChI=1S/C11H18O5/c1-5-9(12)14-6-7-15-10(13)8-16-11(2,3)4/h5H,1,6-8H2,2-4H3. The van der Waals surface area contributed by atoms with E-state index in [2.05, 4.69) is 11.3 Å². The van der Waals surface area contributed by atoms with Crippen LogP contribution in [0.25, 0.3) is 0 Å². The highest BCUT2D eigenvalue weighted by Gasteiger charge is 2.13. The molecule has 0 atom stereocenters. The van der Waals surface area contributed by atoms with Crippen LogP contribution < -0.4 is 0 Å². The van der Waals surface area contributed by atoms with Crippen LogP contribution in [0.4, 0.5) is 0 Å². The van der Waals surface area contributed by atoms with Gasteiger partial charge in [-0.3, -0.25) is 0 Å². The molecule has 0 aromatic heterocycles. The molecule has 0 bridgehead atoms. The summed E-state index contributed by atoms with van der Waals surface area (Å²) >= 11 is 0. The van der Waals surface area contributed by atoms with Gasteiger partial charge in [0.25, 0.3) is 0 Å². The van der Waals surface area contributed by atoms with Crippen molar-refractivity contribution in [3.63, 3.8) is 0 Å². The topological polar surface area (TPSA) is 61.8 Å². The molecule has 0 aliphatic carbocycles. The maximum absolute atomic E-state index is 11.1. The molecule has 0 heterocycles. The second kappa shape index (κ2) is 7.00. The maximum atomic E-state index is 11.1. The normalized spacial score (nSPS) is 10.7. The second-order valence-corrected chi connectivity index (χ2v) is 3.99. The molecule has 0 radical (unpaired) electrons. The molecule has 0 rings (SSSR count). The molecule has 0 aromatic carbocycles. The second-order valence-electron chi connectivity index (χ2n) is 3.99. The summed E-state index contributed by atoms with van der Waals surface area (Å²) in [5.41, 5.74) is -0.381. The average molecular weight is 230 g/mol. The lowest BCUT2D eigenvalue weighted by molar-refractivity contribution is -0.157. The quantitative estimate of drug-likeness (QED) is 0.388. The average Bonchev–Trinajstić information content (AvgIpc) is 2.20. The number of ether oxygens (including phenoxy) is 3. The van der Waals surface area contributed by atoms with Crippen LogP contribution in [0.2, 0.25) is 0 Å². The van der Waals surface area contributed by atoms with Crippen molar-refractivity contribution in [1.82, 2.24) is 0 Å². The largest absolute Gasteiger partial charge is 0.460 e. The molecule has 0 saturated heterocycles. The Kier molecular flexibility index (Phi) is 6.41. The first-order valence-corrected chi connectivity index (χ1v) is 4.94. The summed E-state index contributed by atoms with van der Waals surface area (Å²) in [6, 6.07) is 0. The van der Waals surface area contributed by atoms with E-state index in [1.54, 1.807) is 0 Å². The fourth-order valence-corrected chi connectivity index (χ4v) is 0.674. The van der Waals surface area contributed by atoms with Gasteiger partial charge in [0.15, 0.2) is 0 Å². The van der Waals surface area contributed by atoms with Crippen molar-refractivity contribution in [3.8, 4) is 0 Å². The molecule has 0 aliphatic heterocycles. The lowest BCUT2D eigenvalue weighted by atomic mass is 10.2. The lowest BCUT2D eigenvalue weighted by Gasteiger charge is -2.18. The Bertz CT molecular complexity index is 252. The van der Waals surface area contributed by atoms with Crippen LogP contribution in [-0.4, -0.2) is 37.4 Å². The molecule has 5 heteroatoms. The highest BCUT2D eigenvalue weighted by molar-refractivity contribution is 5.81. The van der Waals surface area contributed by atoms with Gasteiger partial charge in [0.1, 0.15) is 19.8 Å². The van der Waals surface area contributed by atoms with Gasteiger partial charge >= 0.3 is 11.9 Å². The van der Waals surface area contributed by atoms with E-state index in [-0.39, 0.29) is 25.4 Å². The van der Waals surface area contributed by atoms with Crippen LogP contribution in [0.15, 0.2) is 12.7 Å². The molecule has 5 nitrogen and oxygen atoms in total. The number of carbonyl (C=O) groups is 2. The first-order chi connectivity index (χ1) is 7.35. The summed E-state index contributed by atoms with van der Waals surface area (Å²) < 4.78 is 14.6. The molecular weight excluding hydrogens is 212 g/mol. The minimum Gasteiger partial charge on any atom is -0.460 e. The number of hydrogen-bond donors (Lipinski definition) is 0. The van der Waals surface area contributed by atoms with Crippen LogP contribution in [0.3, 0.4) is 0 Å². The molecule has 0 amide bonds. The van der Waals surface area contributed by atoms with E-state index in [0.29, 0.717) is 0 Å². The molecule has 0 aliphatic rings. The lowest BCUT2D eigenvalue weighted by Crippen LogP contribution is -2.25. The summed E-state index contributed by atoms with van der Waals surface area (Å²) in [5, 5.41) is 0. The Labute approximate surface area is 95.4 Å². The predicted octanol–water partition coefficient (Wildman–Crippen LogP) is 1.07. The summed E-state index contributed by atoms with van der Waals surface area (Å²) in [5.74, 6) is -1.02. The number of hydrogen-bond acceptors (Lipinski definition) is 5. The first kappa shape index (κ1) is 14.6. The zero-order valence-electron chi connectivity index (χ0n) is 9.95. The Morgan fingerprint density at radius 1 is 1.19 bits per heavy atom. The molecule has 0 aromatic rings. The van der Waals surface area contributed by atoms with Crippen molar-refractivity contribution in [2.45, 2.75) is 26.4 Å². The summed E-state index contributed by atoms with van der Waals surface area (Å²) in [6.07, 6.45) is 1.05. The van der Waals surface area contributed by atoms with Crippen LogP contribution in [0, 0.1) is 0 Å². The van der Waals surface area contributed by atoms with Crippen LogP contribution in [-0.2, 0) is 23.8 Å². The van der Waals surface area contributed by atoms with Crippen molar-refractivity contribution in [1.29, 1.82) is 0 Å². The molecule has 16 heavy (non-hydrogen) atoms. The molecular formula is C11H18O5. The zero-order valence-corrected chi connectivity index (χ0v) is 9.95. The van der Waals surface area contributed by atoms with Gasteiger partial charge in [0.05, 0.1) is 5.60 Å². The van der Waals surface area contributed by atoms with Gasteiger partial charge in [-0.1, -0.05) is 6.58 Å². The summed E-state index contributed by atoms with van der Waals surface area (Å²) in [6.45, 7) is 8.67. The Hall–Kier alpha value is -1.36. The minimum absolute atomic E-state index is 0.0198. The molecule has 92 valence electrons. The minimum atomic E-state index is -0.540. The zero-order chi connectivity index (χ0) is 12.6. The van der Waals surface area contributed by atoms with Crippen molar-refractivity contribution in [2.75, 3.05) is 19.8 Å². The Balaban J connectivity index is 3.52. The number of rotatable bonds is 6. The van der Waals surface area contributed by atoms with Crippen molar-refractivity contribution in [3.05, 3.63) is 12.7 Å². The van der Waals surface area contributed by atoms with E-state index in [1.807, 2.05) is 20.8 Å². The SMILES string of the molecule is C=CC(=O)OCCOC(=O)COC(C)(C)C. The van der Waals surface area contributed by atoms with Crippen LogP contribution in [0.1, 0.15) is 20.8 Å². The van der Waals surface area contributed by atoms with Gasteiger partial charge in [-0.05, 0) is 20.8 Å². The Morgan fingerprint density at radius 2 is 1.75 bits per heavy atom. The molecule has 0 fully saturated rings. The summed E-state index contributed by atoms with van der Waals surface area (Å²) in [7, 11) is 0. The number of carbonyl (C=O) groups excluding carboxylic acids is 2. The van der Waals surface area contributed by atoms with Gasteiger partial charge in [0, 0.05) is 6.08 Å². The number of esters is 2. The van der Waals surface area contributed by atoms with Gasteiger partial charge in [-0.25, -0.2) is 9.59 Å². The van der Waals surface area contributed by atoms with E-state index in [0.717, 1.165) is 6.08 Å². The highest BCUT2D eigenvalue weighted by atomic mass is 16.6. The van der Waals surface area contributed by atoms with E-state index in [4.69, 9.17) is 9.47 Å². The van der Waals surface area contributed by atoms with Crippen LogP contribution in [0.5, 0.6) is 0 Å². The van der Waals surface area contributed by atoms with Crippen LogP contribution >= 0.6 is 0 Å². The molecule has 0 saturated carbocycles. The molecule has 0 spiro atoms. The third-order valence-electron chi connectivity index (χ3n) is 1.38. The van der Waals surface area contributed by atoms with Crippen molar-refractivity contribution >= 4 is 11.9 Å². The third-order valence-corrected chi connectivity index (χ3v) is 1.38. The van der Waals surface area contributed by atoms with Crippen molar-refractivity contribution < 1.29 is 23.8 Å². The smallest absolute Gasteiger partial charge is 0.332 e. The fraction of sp³-hybridized carbons (Fsp3) is 0.636. The van der Waals surface area contributed by atoms with Gasteiger partial charge < -0.3 is 14.2 Å². The van der Waals surface area contributed by atoms with Crippen molar-refractivity contribution in [2.24, 2.45) is 0 Å². The van der Waals surface area contributed by atoms with E-state index < -0.39 is 11.9 Å². The Morgan fingerprint density at radius 3 is 2.25 bits per heavy atom. The molecule has 0 unspecified atom stereocenters. The molecule has 0 N–H and O–H groups in total. The maximum Gasteiger partial charge on any atom is 0.332 e.